The van der Waals surface area contributed by atoms with Crippen molar-refractivity contribution in [1.29, 1.82) is 0 Å². The Kier molecular flexibility index (Phi) is 4.27. The number of fused-ring (bicyclic) bond motifs is 1. The molecule has 1 heterocycles. The Balaban J connectivity index is 2.30. The third-order valence-corrected chi connectivity index (χ3v) is 4.17. The fraction of sp³-hybridized carbons (Fsp3) is 0.467. The molecule has 0 fully saturated rings. The molecule has 0 spiro atoms. The van der Waals surface area contributed by atoms with Crippen LogP contribution in [0.3, 0.4) is 0 Å². The molecule has 1 aromatic rings. The number of rotatable bonds is 3. The normalized spacial score (nSPS) is 15.9. The highest BCUT2D eigenvalue weighted by molar-refractivity contribution is 9.09. The molecule has 0 bridgehead atoms. The lowest BCUT2D eigenvalue weighted by Crippen LogP contribution is -2.24. The van der Waals surface area contributed by atoms with Gasteiger partial charge in [-0.25, -0.2) is 0 Å². The van der Waals surface area contributed by atoms with E-state index >= 15 is 0 Å². The van der Waals surface area contributed by atoms with E-state index in [0.29, 0.717) is 0 Å². The van der Waals surface area contributed by atoms with Crippen LogP contribution in [0.15, 0.2) is 23.8 Å². The second kappa shape index (κ2) is 5.72. The van der Waals surface area contributed by atoms with Crippen LogP contribution in [0.5, 0.6) is 0 Å². The molecule has 0 amide bonds. The number of alkyl halides is 1. The van der Waals surface area contributed by atoms with Crippen LogP contribution in [0.1, 0.15) is 30.9 Å². The molecule has 1 aromatic carbocycles. The summed E-state index contributed by atoms with van der Waals surface area (Å²) in [6.45, 7) is 3.39. The van der Waals surface area contributed by atoms with Gasteiger partial charge in [0.25, 0.3) is 0 Å². The minimum atomic E-state index is 0.973. The molecule has 0 atom stereocenters. The van der Waals surface area contributed by atoms with Crippen molar-refractivity contribution in [1.82, 2.24) is 0 Å². The molecule has 17 heavy (non-hydrogen) atoms. The van der Waals surface area contributed by atoms with Crippen molar-refractivity contribution in [3.05, 3.63) is 34.9 Å². The first-order valence-corrected chi connectivity index (χ1v) is 7.46. The van der Waals surface area contributed by atoms with Crippen LogP contribution in [-0.4, -0.2) is 18.9 Å². The SMILES string of the molecule is CCC(=Cc1ccc2c(c1)CCCN2C)CBr. The van der Waals surface area contributed by atoms with E-state index in [4.69, 9.17) is 0 Å². The summed E-state index contributed by atoms with van der Waals surface area (Å²) in [5, 5.41) is 0.973. The molecular weight excluding hydrogens is 274 g/mol. The molecule has 1 aliphatic heterocycles. The minimum absolute atomic E-state index is 0.973. The average molecular weight is 294 g/mol. The Labute approximate surface area is 113 Å². The molecule has 1 aliphatic rings. The summed E-state index contributed by atoms with van der Waals surface area (Å²) in [5.74, 6) is 0. The number of halogens is 1. The van der Waals surface area contributed by atoms with Gasteiger partial charge in [-0.2, -0.15) is 0 Å². The van der Waals surface area contributed by atoms with Crippen molar-refractivity contribution < 1.29 is 0 Å². The highest BCUT2D eigenvalue weighted by atomic mass is 79.9. The number of anilines is 1. The topological polar surface area (TPSA) is 3.24 Å². The fourth-order valence-corrected chi connectivity index (χ4v) is 2.92. The zero-order chi connectivity index (χ0) is 12.3. The van der Waals surface area contributed by atoms with Crippen molar-refractivity contribution in [2.75, 3.05) is 23.8 Å². The lowest BCUT2D eigenvalue weighted by Gasteiger charge is -2.27. The third-order valence-electron chi connectivity index (χ3n) is 3.45. The molecule has 2 heteroatoms. The highest BCUT2D eigenvalue weighted by Crippen LogP contribution is 2.27. The molecule has 0 unspecified atom stereocenters. The number of benzene rings is 1. The third kappa shape index (κ3) is 2.92. The van der Waals surface area contributed by atoms with Gasteiger partial charge < -0.3 is 4.90 Å². The first-order chi connectivity index (χ1) is 8.24. The molecule has 0 aliphatic carbocycles. The smallest absolute Gasteiger partial charge is 0.0396 e. The predicted octanol–water partition coefficient (Wildman–Crippen LogP) is 4.26. The largest absolute Gasteiger partial charge is 0.374 e. The molecule has 2 rings (SSSR count). The van der Waals surface area contributed by atoms with Gasteiger partial charge in [0.15, 0.2) is 0 Å². The van der Waals surface area contributed by atoms with Gasteiger partial charge in [-0.1, -0.05) is 40.6 Å². The van der Waals surface area contributed by atoms with Crippen LogP contribution in [0.4, 0.5) is 5.69 Å². The maximum Gasteiger partial charge on any atom is 0.0396 e. The van der Waals surface area contributed by atoms with Gasteiger partial charge in [-0.3, -0.25) is 0 Å². The summed E-state index contributed by atoms with van der Waals surface area (Å²) in [7, 11) is 2.18. The number of hydrogen-bond acceptors (Lipinski definition) is 1. The van der Waals surface area contributed by atoms with E-state index in [9.17, 15) is 0 Å². The van der Waals surface area contributed by atoms with E-state index < -0.39 is 0 Å². The molecule has 0 radical (unpaired) electrons. The summed E-state index contributed by atoms with van der Waals surface area (Å²) >= 11 is 3.54. The Hall–Kier alpha value is -0.760. The monoisotopic (exact) mass is 293 g/mol. The lowest BCUT2D eigenvalue weighted by molar-refractivity contribution is 0.744. The summed E-state index contributed by atoms with van der Waals surface area (Å²) in [6.07, 6.45) is 5.92. The molecule has 0 saturated heterocycles. The molecular formula is C15H20BrN. The maximum absolute atomic E-state index is 3.54. The number of nitrogens with zero attached hydrogens (tertiary/aromatic N) is 1. The van der Waals surface area contributed by atoms with Crippen LogP contribution < -0.4 is 4.90 Å². The van der Waals surface area contributed by atoms with Gasteiger partial charge in [0.2, 0.25) is 0 Å². The zero-order valence-electron chi connectivity index (χ0n) is 10.7. The fourth-order valence-electron chi connectivity index (χ4n) is 2.37. The summed E-state index contributed by atoms with van der Waals surface area (Å²) in [6, 6.07) is 6.85. The van der Waals surface area contributed by atoms with Crippen molar-refractivity contribution in [2.45, 2.75) is 26.2 Å². The summed E-state index contributed by atoms with van der Waals surface area (Å²) < 4.78 is 0. The van der Waals surface area contributed by atoms with Gasteiger partial charge in [0.05, 0.1) is 0 Å². The Morgan fingerprint density at radius 3 is 3.00 bits per heavy atom. The Bertz CT molecular complexity index is 417. The predicted molar refractivity (Wildman–Crippen MR) is 80.1 cm³/mol. The maximum atomic E-state index is 3.54. The lowest BCUT2D eigenvalue weighted by atomic mass is 9.98. The van der Waals surface area contributed by atoms with Gasteiger partial charge in [-0.15, -0.1) is 0 Å². The van der Waals surface area contributed by atoms with Crippen LogP contribution in [0.2, 0.25) is 0 Å². The molecule has 0 saturated carbocycles. The first kappa shape index (κ1) is 12.7. The van der Waals surface area contributed by atoms with Crippen molar-refractivity contribution in [2.24, 2.45) is 0 Å². The van der Waals surface area contributed by atoms with E-state index in [1.54, 1.807) is 0 Å². The van der Waals surface area contributed by atoms with Crippen LogP contribution in [0, 0.1) is 0 Å². The Morgan fingerprint density at radius 1 is 1.47 bits per heavy atom. The van der Waals surface area contributed by atoms with Crippen molar-refractivity contribution in [3.8, 4) is 0 Å². The van der Waals surface area contributed by atoms with Gasteiger partial charge in [0, 0.05) is 24.6 Å². The van der Waals surface area contributed by atoms with E-state index in [1.807, 2.05) is 0 Å². The number of aryl methyl sites for hydroxylation is 1. The first-order valence-electron chi connectivity index (χ1n) is 6.34. The molecule has 0 N–H and O–H groups in total. The van der Waals surface area contributed by atoms with Gasteiger partial charge in [0.1, 0.15) is 0 Å². The van der Waals surface area contributed by atoms with Gasteiger partial charge in [-0.05, 0) is 42.5 Å². The van der Waals surface area contributed by atoms with Gasteiger partial charge >= 0.3 is 0 Å². The quantitative estimate of drug-likeness (QED) is 0.753. The summed E-state index contributed by atoms with van der Waals surface area (Å²) in [5.41, 5.74) is 5.70. The molecule has 0 aromatic heterocycles. The molecule has 1 nitrogen and oxygen atoms in total. The second-order valence-corrected chi connectivity index (χ2v) is 5.26. The van der Waals surface area contributed by atoms with Crippen molar-refractivity contribution in [3.63, 3.8) is 0 Å². The van der Waals surface area contributed by atoms with Crippen LogP contribution in [0.25, 0.3) is 6.08 Å². The molecule has 92 valence electrons. The van der Waals surface area contributed by atoms with E-state index in [2.05, 4.69) is 59.1 Å². The standard InChI is InChI=1S/C15H20BrN/c1-3-12(11-16)9-13-6-7-15-14(10-13)5-4-8-17(15)2/h6-7,9-10H,3-5,8,11H2,1-2H3. The highest BCUT2D eigenvalue weighted by Gasteiger charge is 2.13. The Morgan fingerprint density at radius 2 is 2.29 bits per heavy atom. The zero-order valence-corrected chi connectivity index (χ0v) is 12.3. The number of hydrogen-bond donors (Lipinski definition) is 0. The van der Waals surface area contributed by atoms with Crippen molar-refractivity contribution >= 4 is 27.7 Å². The number of allylic oxidation sites excluding steroid dienone is 1. The van der Waals surface area contributed by atoms with E-state index in [-0.39, 0.29) is 0 Å². The minimum Gasteiger partial charge on any atom is -0.374 e. The average Bonchev–Trinajstić information content (AvgIpc) is 2.36. The summed E-state index contributed by atoms with van der Waals surface area (Å²) in [4.78, 5) is 2.36. The van der Waals surface area contributed by atoms with E-state index in [0.717, 1.165) is 11.8 Å². The van der Waals surface area contributed by atoms with E-state index in [1.165, 1.54) is 41.8 Å². The van der Waals surface area contributed by atoms with Crippen LogP contribution >= 0.6 is 15.9 Å². The second-order valence-electron chi connectivity index (χ2n) is 4.70. The van der Waals surface area contributed by atoms with Crippen LogP contribution in [-0.2, 0) is 6.42 Å².